The van der Waals surface area contributed by atoms with Gasteiger partial charge in [0.25, 0.3) is 0 Å². The van der Waals surface area contributed by atoms with E-state index in [0.29, 0.717) is 12.2 Å². The van der Waals surface area contributed by atoms with Crippen LogP contribution in [0.25, 0.3) is 21.9 Å². The van der Waals surface area contributed by atoms with E-state index in [4.69, 9.17) is 14.9 Å². The molecule has 4 nitrogen and oxygen atoms in total. The van der Waals surface area contributed by atoms with E-state index < -0.39 is 5.91 Å². The van der Waals surface area contributed by atoms with Crippen LogP contribution in [0.15, 0.2) is 71.1 Å². The lowest BCUT2D eigenvalue weighted by Gasteiger charge is -2.07. The summed E-state index contributed by atoms with van der Waals surface area (Å²) in [7, 11) is 0. The lowest BCUT2D eigenvalue weighted by Crippen LogP contribution is -2.10. The molecule has 3 aromatic carbocycles. The van der Waals surface area contributed by atoms with Gasteiger partial charge in [0.1, 0.15) is 23.5 Å². The van der Waals surface area contributed by atoms with Crippen molar-refractivity contribution in [3.05, 3.63) is 77.9 Å². The molecule has 1 amide bonds. The van der Waals surface area contributed by atoms with Gasteiger partial charge in [0, 0.05) is 16.3 Å². The number of amides is 1. The van der Waals surface area contributed by atoms with Crippen LogP contribution in [-0.4, -0.2) is 5.91 Å². The normalized spacial score (nSPS) is 11.0. The van der Waals surface area contributed by atoms with Crippen LogP contribution in [0.2, 0.25) is 0 Å². The molecule has 4 rings (SSSR count). The third-order valence-electron chi connectivity index (χ3n) is 3.99. The van der Waals surface area contributed by atoms with Gasteiger partial charge in [0.2, 0.25) is 5.91 Å². The number of nitrogens with two attached hydrogens (primary N) is 1. The topological polar surface area (TPSA) is 65.5 Å². The molecule has 1 heterocycles. The SMILES string of the molecule is NC(=O)c1ccc(COc2ccc3oc4ccccc4c3c2)cc1. The summed E-state index contributed by atoms with van der Waals surface area (Å²) in [5.41, 5.74) is 8.41. The smallest absolute Gasteiger partial charge is 0.248 e. The van der Waals surface area contributed by atoms with E-state index in [0.717, 1.165) is 33.3 Å². The molecule has 0 aliphatic rings. The average molecular weight is 317 g/mol. The quantitative estimate of drug-likeness (QED) is 0.611. The Kier molecular flexibility index (Phi) is 3.43. The molecule has 0 spiro atoms. The molecule has 1 aromatic heterocycles. The minimum absolute atomic E-state index is 0.417. The zero-order chi connectivity index (χ0) is 16.5. The largest absolute Gasteiger partial charge is 0.489 e. The van der Waals surface area contributed by atoms with Gasteiger partial charge < -0.3 is 14.9 Å². The van der Waals surface area contributed by atoms with Crippen LogP contribution in [0.1, 0.15) is 15.9 Å². The number of primary amides is 1. The molecule has 0 unspecified atom stereocenters. The number of fused-ring (bicyclic) bond motifs is 3. The van der Waals surface area contributed by atoms with Gasteiger partial charge in [-0.05, 0) is 42.0 Å². The first kappa shape index (κ1) is 14.3. The zero-order valence-corrected chi connectivity index (χ0v) is 12.9. The van der Waals surface area contributed by atoms with Crippen LogP contribution in [0.4, 0.5) is 0 Å². The van der Waals surface area contributed by atoms with Gasteiger partial charge >= 0.3 is 0 Å². The van der Waals surface area contributed by atoms with Crippen molar-refractivity contribution in [1.82, 2.24) is 0 Å². The second kappa shape index (κ2) is 5.74. The Morgan fingerprint density at radius 3 is 2.46 bits per heavy atom. The van der Waals surface area contributed by atoms with E-state index in [2.05, 4.69) is 0 Å². The van der Waals surface area contributed by atoms with Crippen LogP contribution in [0.3, 0.4) is 0 Å². The summed E-state index contributed by atoms with van der Waals surface area (Å²) in [6.07, 6.45) is 0. The Labute approximate surface area is 138 Å². The molecule has 0 aliphatic heterocycles. The highest BCUT2D eigenvalue weighted by atomic mass is 16.5. The van der Waals surface area contributed by atoms with Gasteiger partial charge in [0.05, 0.1) is 0 Å². The van der Waals surface area contributed by atoms with Crippen molar-refractivity contribution in [2.45, 2.75) is 6.61 Å². The Bertz CT molecular complexity index is 1030. The van der Waals surface area contributed by atoms with Crippen molar-refractivity contribution in [3.8, 4) is 5.75 Å². The summed E-state index contributed by atoms with van der Waals surface area (Å²) < 4.78 is 11.7. The summed E-state index contributed by atoms with van der Waals surface area (Å²) in [6.45, 7) is 0.417. The number of carbonyl (C=O) groups excluding carboxylic acids is 1. The number of ether oxygens (including phenoxy) is 1. The maximum atomic E-state index is 11.1. The number of hydrogen-bond acceptors (Lipinski definition) is 3. The molecule has 0 saturated heterocycles. The first-order valence-corrected chi connectivity index (χ1v) is 7.63. The van der Waals surface area contributed by atoms with E-state index in [9.17, 15) is 4.79 Å². The number of rotatable bonds is 4. The fourth-order valence-electron chi connectivity index (χ4n) is 2.73. The third kappa shape index (κ3) is 2.58. The highest BCUT2D eigenvalue weighted by Crippen LogP contribution is 2.31. The molecule has 0 atom stereocenters. The van der Waals surface area contributed by atoms with Crippen molar-refractivity contribution >= 4 is 27.8 Å². The molecule has 0 fully saturated rings. The second-order valence-corrected chi connectivity index (χ2v) is 5.61. The lowest BCUT2D eigenvalue weighted by molar-refractivity contribution is 0.1000. The van der Waals surface area contributed by atoms with Crippen molar-refractivity contribution in [2.24, 2.45) is 5.73 Å². The monoisotopic (exact) mass is 317 g/mol. The van der Waals surface area contributed by atoms with Gasteiger partial charge in [0.15, 0.2) is 0 Å². The standard InChI is InChI=1S/C20H15NO3/c21-20(22)14-7-5-13(6-8-14)12-23-15-9-10-19-17(11-15)16-3-1-2-4-18(16)24-19/h1-11H,12H2,(H2,21,22). The molecular formula is C20H15NO3. The van der Waals surface area contributed by atoms with Crippen LogP contribution in [-0.2, 0) is 6.61 Å². The molecule has 2 N–H and O–H groups in total. The van der Waals surface area contributed by atoms with E-state index in [1.54, 1.807) is 12.1 Å². The second-order valence-electron chi connectivity index (χ2n) is 5.61. The molecule has 0 saturated carbocycles. The predicted molar refractivity (Wildman–Crippen MR) is 93.0 cm³/mol. The summed E-state index contributed by atoms with van der Waals surface area (Å²) in [4.78, 5) is 11.1. The van der Waals surface area contributed by atoms with Gasteiger partial charge in [-0.15, -0.1) is 0 Å². The number of carbonyl (C=O) groups is 1. The molecular weight excluding hydrogens is 302 g/mol. The highest BCUT2D eigenvalue weighted by molar-refractivity contribution is 6.05. The van der Waals surface area contributed by atoms with Crippen LogP contribution in [0.5, 0.6) is 5.75 Å². The molecule has 4 heteroatoms. The number of para-hydroxylation sites is 1. The van der Waals surface area contributed by atoms with Crippen molar-refractivity contribution in [1.29, 1.82) is 0 Å². The minimum atomic E-state index is -0.431. The fourth-order valence-corrected chi connectivity index (χ4v) is 2.73. The van der Waals surface area contributed by atoms with Crippen molar-refractivity contribution < 1.29 is 13.9 Å². The van der Waals surface area contributed by atoms with Gasteiger partial charge in [-0.3, -0.25) is 4.79 Å². The Hall–Kier alpha value is -3.27. The molecule has 0 aliphatic carbocycles. The van der Waals surface area contributed by atoms with Gasteiger partial charge in [-0.25, -0.2) is 0 Å². The molecule has 0 bridgehead atoms. The zero-order valence-electron chi connectivity index (χ0n) is 12.9. The molecule has 118 valence electrons. The summed E-state index contributed by atoms with van der Waals surface area (Å²) >= 11 is 0. The van der Waals surface area contributed by atoms with Crippen molar-refractivity contribution in [3.63, 3.8) is 0 Å². The Morgan fingerprint density at radius 2 is 1.67 bits per heavy atom. The first-order valence-electron chi connectivity index (χ1n) is 7.63. The van der Waals surface area contributed by atoms with E-state index in [1.165, 1.54) is 0 Å². The highest BCUT2D eigenvalue weighted by Gasteiger charge is 2.07. The maximum Gasteiger partial charge on any atom is 0.248 e. The molecule has 4 aromatic rings. The molecule has 0 radical (unpaired) electrons. The number of furan rings is 1. The number of hydrogen-bond donors (Lipinski definition) is 1. The average Bonchev–Trinajstić information content (AvgIpc) is 2.98. The lowest BCUT2D eigenvalue weighted by atomic mass is 10.1. The van der Waals surface area contributed by atoms with Gasteiger partial charge in [-0.2, -0.15) is 0 Å². The minimum Gasteiger partial charge on any atom is -0.489 e. The Balaban J connectivity index is 1.58. The summed E-state index contributed by atoms with van der Waals surface area (Å²) in [5.74, 6) is 0.341. The van der Waals surface area contributed by atoms with Gasteiger partial charge in [-0.1, -0.05) is 30.3 Å². The number of benzene rings is 3. The summed E-state index contributed by atoms with van der Waals surface area (Å²) in [6, 6.07) is 20.8. The third-order valence-corrected chi connectivity index (χ3v) is 3.99. The van der Waals surface area contributed by atoms with E-state index in [1.807, 2.05) is 54.6 Å². The van der Waals surface area contributed by atoms with E-state index >= 15 is 0 Å². The fraction of sp³-hybridized carbons (Fsp3) is 0.0500. The predicted octanol–water partition coefficient (Wildman–Crippen LogP) is 4.26. The first-order chi connectivity index (χ1) is 11.7. The molecule has 24 heavy (non-hydrogen) atoms. The van der Waals surface area contributed by atoms with Crippen LogP contribution >= 0.6 is 0 Å². The summed E-state index contributed by atoms with van der Waals surface area (Å²) in [5, 5.41) is 2.11. The van der Waals surface area contributed by atoms with E-state index in [-0.39, 0.29) is 0 Å². The van der Waals surface area contributed by atoms with Crippen LogP contribution in [0, 0.1) is 0 Å². The maximum absolute atomic E-state index is 11.1. The van der Waals surface area contributed by atoms with Crippen molar-refractivity contribution in [2.75, 3.05) is 0 Å². The van der Waals surface area contributed by atoms with Crippen LogP contribution < -0.4 is 10.5 Å². The Morgan fingerprint density at radius 1 is 0.917 bits per heavy atom.